The van der Waals surface area contributed by atoms with E-state index in [1.54, 1.807) is 16.8 Å². The Morgan fingerprint density at radius 3 is 2.63 bits per heavy atom. The van der Waals surface area contributed by atoms with Crippen molar-refractivity contribution in [1.82, 2.24) is 25.2 Å². The number of hydrogen-bond donors (Lipinski definition) is 0. The smallest absolute Gasteiger partial charge is 0.308 e. The van der Waals surface area contributed by atoms with Gasteiger partial charge in [-0.2, -0.15) is 0 Å². The largest absolute Gasteiger partial charge is 0.460 e. The highest BCUT2D eigenvalue weighted by Gasteiger charge is 2.36. The first kappa shape index (κ1) is 29.0. The first-order chi connectivity index (χ1) is 19.3. The van der Waals surface area contributed by atoms with Gasteiger partial charge >= 0.3 is 5.97 Å². The van der Waals surface area contributed by atoms with Crippen LogP contribution in [-0.4, -0.2) is 54.8 Å². The molecule has 5 rings (SSSR count). The number of carbonyl (C=O) groups is 1. The topological polar surface area (TPSA) is 101 Å². The van der Waals surface area contributed by atoms with Crippen molar-refractivity contribution in [3.63, 3.8) is 0 Å². The van der Waals surface area contributed by atoms with Gasteiger partial charge in [-0.15, -0.1) is 5.10 Å². The SMILES string of the molecule is CC(C)c1nc2c(c(-c3ccc(F)cc3)c1C=C[C@@H]1C[C@H](CC(=O)OC(C)(C)C)OC(C)(C)O1)CCn1nnnc1-2. The molecule has 1 saturated heterocycles. The molecule has 2 aliphatic heterocycles. The van der Waals surface area contributed by atoms with Crippen LogP contribution in [0, 0.1) is 5.82 Å². The van der Waals surface area contributed by atoms with Crippen LogP contribution in [0.3, 0.4) is 0 Å². The van der Waals surface area contributed by atoms with Crippen molar-refractivity contribution in [3.05, 3.63) is 53.0 Å². The first-order valence-electron chi connectivity index (χ1n) is 14.1. The van der Waals surface area contributed by atoms with Crippen molar-refractivity contribution in [2.75, 3.05) is 0 Å². The van der Waals surface area contributed by atoms with E-state index in [0.29, 0.717) is 25.2 Å². The summed E-state index contributed by atoms with van der Waals surface area (Å²) >= 11 is 0. The molecule has 0 unspecified atom stereocenters. The van der Waals surface area contributed by atoms with Gasteiger partial charge in [0.2, 0.25) is 5.82 Å². The number of aryl methyl sites for hydroxylation is 1. The molecule has 2 aliphatic rings. The maximum absolute atomic E-state index is 14.0. The summed E-state index contributed by atoms with van der Waals surface area (Å²) in [5.41, 5.74) is 4.92. The number of halogens is 1. The number of hydrogen-bond acceptors (Lipinski definition) is 8. The molecule has 0 spiro atoms. The van der Waals surface area contributed by atoms with Crippen molar-refractivity contribution in [2.45, 2.75) is 104 Å². The van der Waals surface area contributed by atoms with E-state index in [1.165, 1.54) is 12.1 Å². The summed E-state index contributed by atoms with van der Waals surface area (Å²) in [7, 11) is 0. The average Bonchev–Trinajstić information content (AvgIpc) is 3.34. The number of rotatable bonds is 6. The molecule has 218 valence electrons. The van der Waals surface area contributed by atoms with Gasteiger partial charge in [0.05, 0.1) is 24.3 Å². The van der Waals surface area contributed by atoms with Crippen molar-refractivity contribution in [1.29, 1.82) is 0 Å². The van der Waals surface area contributed by atoms with Gasteiger partial charge in [0.15, 0.2) is 5.79 Å². The number of ether oxygens (including phenoxy) is 3. The predicted octanol–water partition coefficient (Wildman–Crippen LogP) is 5.88. The Labute approximate surface area is 240 Å². The summed E-state index contributed by atoms with van der Waals surface area (Å²) in [6, 6.07) is 6.55. The lowest BCUT2D eigenvalue weighted by atomic mass is 9.86. The lowest BCUT2D eigenvalue weighted by Crippen LogP contribution is -2.45. The third-order valence-corrected chi connectivity index (χ3v) is 7.04. The van der Waals surface area contributed by atoms with E-state index in [2.05, 4.69) is 35.4 Å². The van der Waals surface area contributed by atoms with Crippen LogP contribution in [0.15, 0.2) is 30.3 Å². The standard InChI is InChI=1S/C31H38FN5O4/c1-18(2)27-23(13-12-21-16-22(40-31(6,7)39-21)17-25(38)41-30(3,4)5)26(19-8-10-20(32)11-9-19)24-14-15-37-29(28(24)33-27)34-35-36-37/h8-13,18,21-22H,14-17H2,1-7H3/t21-,22-/m1/s1. The van der Waals surface area contributed by atoms with E-state index in [-0.39, 0.29) is 36.3 Å². The molecule has 1 aromatic carbocycles. The molecule has 0 saturated carbocycles. The molecule has 0 radical (unpaired) electrons. The molecular weight excluding hydrogens is 525 g/mol. The van der Waals surface area contributed by atoms with E-state index in [1.807, 2.05) is 40.7 Å². The Bertz CT molecular complexity index is 1460. The Morgan fingerprint density at radius 2 is 1.95 bits per heavy atom. The van der Waals surface area contributed by atoms with Crippen LogP contribution in [-0.2, 0) is 32.0 Å². The Kier molecular flexibility index (Phi) is 7.82. The summed E-state index contributed by atoms with van der Waals surface area (Å²) in [5.74, 6) is -0.768. The maximum atomic E-state index is 14.0. The molecule has 0 N–H and O–H groups in total. The zero-order chi connectivity index (χ0) is 29.5. The van der Waals surface area contributed by atoms with Gasteiger partial charge in [-0.25, -0.2) is 14.1 Å². The zero-order valence-corrected chi connectivity index (χ0v) is 24.8. The van der Waals surface area contributed by atoms with Gasteiger partial charge in [0, 0.05) is 18.5 Å². The molecule has 2 atom stereocenters. The minimum Gasteiger partial charge on any atom is -0.460 e. The lowest BCUT2D eigenvalue weighted by Gasteiger charge is -2.40. The second kappa shape index (κ2) is 11.1. The number of nitrogens with zero attached hydrogens (tertiary/aromatic N) is 5. The minimum absolute atomic E-state index is 0.0809. The summed E-state index contributed by atoms with van der Waals surface area (Å²) in [6.07, 6.45) is 4.72. The van der Waals surface area contributed by atoms with E-state index >= 15 is 0 Å². The van der Waals surface area contributed by atoms with Gasteiger partial charge in [0.1, 0.15) is 17.1 Å². The van der Waals surface area contributed by atoms with E-state index in [9.17, 15) is 9.18 Å². The third-order valence-electron chi connectivity index (χ3n) is 7.04. The van der Waals surface area contributed by atoms with E-state index in [0.717, 1.165) is 33.6 Å². The van der Waals surface area contributed by atoms with Gasteiger partial charge in [-0.1, -0.05) is 38.1 Å². The normalized spacial score (nSPS) is 20.2. The summed E-state index contributed by atoms with van der Waals surface area (Å²) in [4.78, 5) is 17.7. The van der Waals surface area contributed by atoms with Crippen molar-refractivity contribution >= 4 is 12.0 Å². The maximum Gasteiger partial charge on any atom is 0.308 e. The van der Waals surface area contributed by atoms with Crippen LogP contribution in [0.25, 0.3) is 28.7 Å². The molecule has 41 heavy (non-hydrogen) atoms. The van der Waals surface area contributed by atoms with Crippen LogP contribution < -0.4 is 0 Å². The molecule has 0 aliphatic carbocycles. The Hall–Kier alpha value is -3.50. The quantitative estimate of drug-likeness (QED) is 0.343. The predicted molar refractivity (Wildman–Crippen MR) is 152 cm³/mol. The van der Waals surface area contributed by atoms with Crippen LogP contribution in [0.2, 0.25) is 0 Å². The molecule has 0 amide bonds. The number of esters is 1. The van der Waals surface area contributed by atoms with Crippen LogP contribution in [0.5, 0.6) is 0 Å². The monoisotopic (exact) mass is 563 g/mol. The number of carbonyl (C=O) groups excluding carboxylic acids is 1. The highest BCUT2D eigenvalue weighted by molar-refractivity contribution is 5.84. The van der Waals surface area contributed by atoms with Crippen molar-refractivity contribution in [2.24, 2.45) is 0 Å². The average molecular weight is 564 g/mol. The molecule has 10 heteroatoms. The molecule has 0 bridgehead atoms. The molecule has 3 aromatic rings. The second-order valence-corrected chi connectivity index (χ2v) is 12.4. The van der Waals surface area contributed by atoms with E-state index < -0.39 is 11.4 Å². The number of benzene rings is 1. The fourth-order valence-electron chi connectivity index (χ4n) is 5.55. The summed E-state index contributed by atoms with van der Waals surface area (Å²) < 4.78 is 33.6. The Balaban J connectivity index is 1.55. The number of pyridine rings is 1. The third kappa shape index (κ3) is 6.54. The van der Waals surface area contributed by atoms with Gasteiger partial charge in [-0.3, -0.25) is 4.79 Å². The molecule has 4 heterocycles. The minimum atomic E-state index is -0.883. The van der Waals surface area contributed by atoms with Crippen molar-refractivity contribution in [3.8, 4) is 22.6 Å². The highest BCUT2D eigenvalue weighted by Crippen LogP contribution is 2.40. The Morgan fingerprint density at radius 1 is 1.22 bits per heavy atom. The zero-order valence-electron chi connectivity index (χ0n) is 24.8. The van der Waals surface area contributed by atoms with Crippen LogP contribution in [0.4, 0.5) is 4.39 Å². The fourth-order valence-corrected chi connectivity index (χ4v) is 5.55. The first-order valence-corrected chi connectivity index (χ1v) is 14.1. The van der Waals surface area contributed by atoms with Crippen LogP contribution in [0.1, 0.15) is 84.0 Å². The van der Waals surface area contributed by atoms with Crippen molar-refractivity contribution < 1.29 is 23.4 Å². The lowest BCUT2D eigenvalue weighted by molar-refractivity contribution is -0.290. The molecule has 1 fully saturated rings. The fraction of sp³-hybridized carbons (Fsp3) is 0.516. The van der Waals surface area contributed by atoms with Gasteiger partial charge in [0.25, 0.3) is 0 Å². The number of aromatic nitrogens is 5. The molecule has 9 nitrogen and oxygen atoms in total. The summed E-state index contributed by atoms with van der Waals surface area (Å²) in [5, 5.41) is 12.2. The second-order valence-electron chi connectivity index (χ2n) is 12.4. The van der Waals surface area contributed by atoms with Gasteiger partial charge < -0.3 is 14.2 Å². The highest BCUT2D eigenvalue weighted by atomic mass is 19.1. The molecular formula is C31H38FN5O4. The van der Waals surface area contributed by atoms with Gasteiger partial charge in [-0.05, 0) is 86.2 Å². The number of fused-ring (bicyclic) bond motifs is 3. The number of tetrazole rings is 1. The van der Waals surface area contributed by atoms with Crippen LogP contribution >= 0.6 is 0 Å². The van der Waals surface area contributed by atoms with E-state index in [4.69, 9.17) is 19.2 Å². The summed E-state index contributed by atoms with van der Waals surface area (Å²) in [6.45, 7) is 14.1. The molecule has 2 aromatic heterocycles.